The van der Waals surface area contributed by atoms with E-state index >= 15 is 0 Å². The monoisotopic (exact) mass is 289 g/mol. The van der Waals surface area contributed by atoms with Crippen LogP contribution in [-0.2, 0) is 11.3 Å². The predicted octanol–water partition coefficient (Wildman–Crippen LogP) is 1.89. The van der Waals surface area contributed by atoms with Gasteiger partial charge in [0.2, 0.25) is 5.91 Å². The van der Waals surface area contributed by atoms with Gasteiger partial charge in [-0.3, -0.25) is 4.79 Å². The van der Waals surface area contributed by atoms with E-state index in [0.717, 1.165) is 17.9 Å². The first-order valence-corrected chi connectivity index (χ1v) is 6.99. The summed E-state index contributed by atoms with van der Waals surface area (Å²) in [5, 5.41) is 8.52. The standard InChI is InChI=1S/C16H23N3O2/c1-18(12-9-16(20)19(2)11-6-10-17)13-14-7-4-5-8-15(14)21-3/h4-5,7-8H,6,9,11-13H2,1-3H3. The van der Waals surface area contributed by atoms with Gasteiger partial charge in [0.25, 0.3) is 0 Å². The topological polar surface area (TPSA) is 56.6 Å². The molecular weight excluding hydrogens is 266 g/mol. The second-order valence-corrected chi connectivity index (χ2v) is 5.02. The van der Waals surface area contributed by atoms with E-state index in [1.807, 2.05) is 37.4 Å². The van der Waals surface area contributed by atoms with Gasteiger partial charge in [-0.15, -0.1) is 0 Å². The van der Waals surface area contributed by atoms with Crippen molar-refractivity contribution in [3.05, 3.63) is 29.8 Å². The minimum absolute atomic E-state index is 0.0668. The molecule has 0 N–H and O–H groups in total. The Labute approximate surface area is 126 Å². The number of methoxy groups -OCH3 is 1. The average Bonchev–Trinajstić information content (AvgIpc) is 2.50. The maximum Gasteiger partial charge on any atom is 0.223 e. The molecule has 21 heavy (non-hydrogen) atoms. The molecule has 0 radical (unpaired) electrons. The van der Waals surface area contributed by atoms with Crippen molar-refractivity contribution in [2.24, 2.45) is 0 Å². The molecule has 1 aromatic carbocycles. The van der Waals surface area contributed by atoms with Crippen LogP contribution in [0.1, 0.15) is 18.4 Å². The Hall–Kier alpha value is -2.06. The van der Waals surface area contributed by atoms with Crippen LogP contribution in [0.15, 0.2) is 24.3 Å². The Morgan fingerprint density at radius 1 is 1.29 bits per heavy atom. The molecule has 5 heteroatoms. The molecule has 0 saturated carbocycles. The second kappa shape index (κ2) is 8.98. The molecule has 1 aromatic rings. The van der Waals surface area contributed by atoms with Crippen molar-refractivity contribution >= 4 is 5.91 Å². The van der Waals surface area contributed by atoms with Gasteiger partial charge in [-0.05, 0) is 13.1 Å². The van der Waals surface area contributed by atoms with Gasteiger partial charge in [0.15, 0.2) is 0 Å². The van der Waals surface area contributed by atoms with Crippen molar-refractivity contribution in [1.82, 2.24) is 9.80 Å². The van der Waals surface area contributed by atoms with E-state index in [0.29, 0.717) is 25.9 Å². The highest BCUT2D eigenvalue weighted by Crippen LogP contribution is 2.18. The van der Waals surface area contributed by atoms with Crippen molar-refractivity contribution in [2.75, 3.05) is 34.3 Å². The zero-order valence-corrected chi connectivity index (χ0v) is 13.0. The van der Waals surface area contributed by atoms with Crippen molar-refractivity contribution in [3.63, 3.8) is 0 Å². The first-order chi connectivity index (χ1) is 10.1. The number of rotatable bonds is 8. The molecule has 0 spiro atoms. The van der Waals surface area contributed by atoms with E-state index in [4.69, 9.17) is 10.00 Å². The lowest BCUT2D eigenvalue weighted by Crippen LogP contribution is -2.31. The molecule has 0 aromatic heterocycles. The lowest BCUT2D eigenvalue weighted by molar-refractivity contribution is -0.130. The highest BCUT2D eigenvalue weighted by atomic mass is 16.5. The molecule has 5 nitrogen and oxygen atoms in total. The van der Waals surface area contributed by atoms with Gasteiger partial charge >= 0.3 is 0 Å². The van der Waals surface area contributed by atoms with Crippen LogP contribution in [-0.4, -0.2) is 50.0 Å². The second-order valence-electron chi connectivity index (χ2n) is 5.02. The number of hydrogen-bond acceptors (Lipinski definition) is 4. The van der Waals surface area contributed by atoms with E-state index in [1.165, 1.54) is 0 Å². The van der Waals surface area contributed by atoms with Crippen molar-refractivity contribution in [2.45, 2.75) is 19.4 Å². The quantitative estimate of drug-likeness (QED) is 0.733. The number of nitrogens with zero attached hydrogens (tertiary/aromatic N) is 3. The van der Waals surface area contributed by atoms with Crippen molar-refractivity contribution in [1.29, 1.82) is 5.26 Å². The zero-order valence-electron chi connectivity index (χ0n) is 13.0. The van der Waals surface area contributed by atoms with Gasteiger partial charge in [-0.1, -0.05) is 18.2 Å². The van der Waals surface area contributed by atoms with Gasteiger partial charge in [0.05, 0.1) is 19.6 Å². The predicted molar refractivity (Wildman–Crippen MR) is 81.8 cm³/mol. The molecule has 1 amide bonds. The summed E-state index contributed by atoms with van der Waals surface area (Å²) < 4.78 is 5.32. The Bertz CT molecular complexity index is 497. The lowest BCUT2D eigenvalue weighted by atomic mass is 10.2. The Balaban J connectivity index is 2.42. The third kappa shape index (κ3) is 5.84. The summed E-state index contributed by atoms with van der Waals surface area (Å²) in [5.41, 5.74) is 1.10. The van der Waals surface area contributed by atoms with Gasteiger partial charge in [-0.2, -0.15) is 5.26 Å². The number of hydrogen-bond donors (Lipinski definition) is 0. The SMILES string of the molecule is COc1ccccc1CN(C)CCC(=O)N(C)CCC#N. The van der Waals surface area contributed by atoms with E-state index in [2.05, 4.69) is 4.90 Å². The normalized spacial score (nSPS) is 10.2. The average molecular weight is 289 g/mol. The molecule has 0 aliphatic rings. The molecule has 0 aliphatic heterocycles. The van der Waals surface area contributed by atoms with Crippen molar-refractivity contribution in [3.8, 4) is 11.8 Å². The third-order valence-electron chi connectivity index (χ3n) is 3.32. The van der Waals surface area contributed by atoms with Gasteiger partial charge in [-0.25, -0.2) is 0 Å². The molecule has 0 atom stereocenters. The fraction of sp³-hybridized carbons (Fsp3) is 0.500. The van der Waals surface area contributed by atoms with Crippen LogP contribution in [0.3, 0.4) is 0 Å². The fourth-order valence-corrected chi connectivity index (χ4v) is 2.02. The number of carbonyl (C=O) groups is 1. The van der Waals surface area contributed by atoms with Crippen LogP contribution in [0.5, 0.6) is 5.75 Å². The molecule has 0 heterocycles. The minimum Gasteiger partial charge on any atom is -0.496 e. The van der Waals surface area contributed by atoms with Crippen molar-refractivity contribution < 1.29 is 9.53 Å². The molecular formula is C16H23N3O2. The number of amides is 1. The summed E-state index contributed by atoms with van der Waals surface area (Å²) in [6.07, 6.45) is 0.826. The van der Waals surface area contributed by atoms with Crippen LogP contribution in [0, 0.1) is 11.3 Å². The number of para-hydroxylation sites is 1. The van der Waals surface area contributed by atoms with E-state index in [-0.39, 0.29) is 5.91 Å². The maximum atomic E-state index is 11.9. The van der Waals surface area contributed by atoms with Crippen LogP contribution in [0.2, 0.25) is 0 Å². The van der Waals surface area contributed by atoms with Gasteiger partial charge < -0.3 is 14.5 Å². The summed E-state index contributed by atoms with van der Waals surface area (Å²) >= 11 is 0. The van der Waals surface area contributed by atoms with E-state index in [1.54, 1.807) is 19.1 Å². The summed E-state index contributed by atoms with van der Waals surface area (Å²) in [6.45, 7) is 1.90. The summed E-state index contributed by atoms with van der Waals surface area (Å²) in [7, 11) is 5.38. The largest absolute Gasteiger partial charge is 0.496 e. The number of carbonyl (C=O) groups excluding carboxylic acids is 1. The number of benzene rings is 1. The lowest BCUT2D eigenvalue weighted by Gasteiger charge is -2.20. The minimum atomic E-state index is 0.0668. The zero-order chi connectivity index (χ0) is 15.7. The fourth-order valence-electron chi connectivity index (χ4n) is 2.02. The molecule has 0 unspecified atom stereocenters. The molecule has 0 aliphatic carbocycles. The van der Waals surface area contributed by atoms with Gasteiger partial charge in [0.1, 0.15) is 5.75 Å². The summed E-state index contributed by atoms with van der Waals surface area (Å²) in [6, 6.07) is 9.92. The first kappa shape index (κ1) is 17.0. The smallest absolute Gasteiger partial charge is 0.223 e. The highest BCUT2D eigenvalue weighted by Gasteiger charge is 2.11. The molecule has 0 fully saturated rings. The summed E-state index contributed by atoms with van der Waals surface area (Å²) in [4.78, 5) is 15.6. The van der Waals surface area contributed by atoms with Crippen LogP contribution >= 0.6 is 0 Å². The third-order valence-corrected chi connectivity index (χ3v) is 3.32. The molecule has 114 valence electrons. The Kier molecular flexibility index (Phi) is 7.27. The highest BCUT2D eigenvalue weighted by molar-refractivity contribution is 5.76. The van der Waals surface area contributed by atoms with Crippen LogP contribution in [0.4, 0.5) is 0 Å². The number of nitriles is 1. The Morgan fingerprint density at radius 3 is 2.67 bits per heavy atom. The number of ether oxygens (including phenoxy) is 1. The van der Waals surface area contributed by atoms with E-state index in [9.17, 15) is 4.79 Å². The maximum absolute atomic E-state index is 11.9. The molecule has 0 saturated heterocycles. The molecule has 0 bridgehead atoms. The van der Waals surface area contributed by atoms with Gasteiger partial charge in [0, 0.05) is 38.7 Å². The first-order valence-electron chi connectivity index (χ1n) is 6.99. The van der Waals surface area contributed by atoms with Crippen LogP contribution < -0.4 is 4.74 Å². The van der Waals surface area contributed by atoms with E-state index < -0.39 is 0 Å². The van der Waals surface area contributed by atoms with Crippen LogP contribution in [0.25, 0.3) is 0 Å². The Morgan fingerprint density at radius 2 is 2.00 bits per heavy atom. The molecule has 1 rings (SSSR count). The summed E-state index contributed by atoms with van der Waals surface area (Å²) in [5.74, 6) is 0.930.